The Morgan fingerprint density at radius 1 is 1.28 bits per heavy atom. The maximum absolute atomic E-state index is 5.19. The quantitative estimate of drug-likeness (QED) is 0.832. The van der Waals surface area contributed by atoms with E-state index in [1.54, 1.807) is 18.5 Å². The molecule has 18 heavy (non-hydrogen) atoms. The molecule has 0 bridgehead atoms. The molecule has 2 heterocycles. The van der Waals surface area contributed by atoms with Gasteiger partial charge >= 0.3 is 0 Å². The van der Waals surface area contributed by atoms with Crippen LogP contribution in [0.15, 0.2) is 23.0 Å². The van der Waals surface area contributed by atoms with Crippen molar-refractivity contribution in [1.29, 1.82) is 0 Å². The van der Waals surface area contributed by atoms with Crippen molar-refractivity contribution in [1.82, 2.24) is 25.4 Å². The van der Waals surface area contributed by atoms with Crippen molar-refractivity contribution >= 4 is 0 Å². The van der Waals surface area contributed by atoms with E-state index in [1.165, 1.54) is 0 Å². The Morgan fingerprint density at radius 3 is 2.78 bits per heavy atom. The number of rotatable bonds is 6. The second-order valence-corrected chi connectivity index (χ2v) is 4.14. The second kappa shape index (κ2) is 6.20. The normalized spacial score (nSPS) is 12.6. The largest absolute Gasteiger partial charge is 0.339 e. The Labute approximate surface area is 106 Å². The highest BCUT2D eigenvalue weighted by molar-refractivity contribution is 5.40. The van der Waals surface area contributed by atoms with E-state index >= 15 is 0 Å². The Bertz CT molecular complexity index is 470. The topological polar surface area (TPSA) is 76.7 Å². The molecule has 0 radical (unpaired) electrons. The van der Waals surface area contributed by atoms with Crippen molar-refractivity contribution in [3.05, 3.63) is 24.4 Å². The van der Waals surface area contributed by atoms with Crippen LogP contribution in [0.25, 0.3) is 11.6 Å². The van der Waals surface area contributed by atoms with Gasteiger partial charge in [-0.05, 0) is 26.0 Å². The third kappa shape index (κ3) is 3.33. The molecule has 2 aromatic rings. The molecule has 0 aromatic carbocycles. The van der Waals surface area contributed by atoms with E-state index in [2.05, 4.69) is 39.3 Å². The van der Waals surface area contributed by atoms with Crippen LogP contribution in [0.4, 0.5) is 0 Å². The van der Waals surface area contributed by atoms with Gasteiger partial charge in [0.25, 0.3) is 0 Å². The summed E-state index contributed by atoms with van der Waals surface area (Å²) in [4.78, 5) is 12.4. The van der Waals surface area contributed by atoms with Crippen molar-refractivity contribution in [2.24, 2.45) is 0 Å². The molecule has 0 saturated heterocycles. The highest BCUT2D eigenvalue weighted by Crippen LogP contribution is 2.10. The van der Waals surface area contributed by atoms with Gasteiger partial charge in [0.2, 0.25) is 17.5 Å². The lowest BCUT2D eigenvalue weighted by molar-refractivity contribution is 0.361. The van der Waals surface area contributed by atoms with Crippen LogP contribution in [0.5, 0.6) is 0 Å². The van der Waals surface area contributed by atoms with Crippen molar-refractivity contribution in [3.63, 3.8) is 0 Å². The summed E-state index contributed by atoms with van der Waals surface area (Å²) in [5.74, 6) is 1.53. The lowest BCUT2D eigenvalue weighted by atomic mass is 10.2. The van der Waals surface area contributed by atoms with Gasteiger partial charge < -0.3 is 9.84 Å². The number of nitrogens with zero attached hydrogens (tertiary/aromatic N) is 4. The molecule has 1 atom stereocenters. The molecular formula is C12H17N5O. The van der Waals surface area contributed by atoms with Crippen LogP contribution in [0.3, 0.4) is 0 Å². The molecular weight excluding hydrogens is 230 g/mol. The van der Waals surface area contributed by atoms with Gasteiger partial charge in [-0.15, -0.1) is 0 Å². The molecule has 0 aliphatic heterocycles. The predicted molar refractivity (Wildman–Crippen MR) is 66.8 cm³/mol. The van der Waals surface area contributed by atoms with Crippen molar-refractivity contribution in [2.45, 2.75) is 32.7 Å². The third-order valence-electron chi connectivity index (χ3n) is 2.46. The second-order valence-electron chi connectivity index (χ2n) is 4.14. The lowest BCUT2D eigenvalue weighted by Gasteiger charge is -2.09. The van der Waals surface area contributed by atoms with Gasteiger partial charge in [0.05, 0.1) is 0 Å². The molecule has 1 unspecified atom stereocenters. The highest BCUT2D eigenvalue weighted by Gasteiger charge is 2.12. The van der Waals surface area contributed by atoms with E-state index in [9.17, 15) is 0 Å². The Hall–Kier alpha value is -1.82. The van der Waals surface area contributed by atoms with E-state index in [1.807, 2.05) is 0 Å². The van der Waals surface area contributed by atoms with Crippen LogP contribution >= 0.6 is 0 Å². The van der Waals surface area contributed by atoms with Crippen LogP contribution in [0, 0.1) is 0 Å². The Morgan fingerprint density at radius 2 is 2.06 bits per heavy atom. The van der Waals surface area contributed by atoms with E-state index in [0.29, 0.717) is 30.0 Å². The first-order valence-electron chi connectivity index (χ1n) is 6.13. The minimum absolute atomic E-state index is 0.315. The molecule has 6 heteroatoms. The molecule has 1 N–H and O–H groups in total. The van der Waals surface area contributed by atoms with E-state index < -0.39 is 0 Å². The summed E-state index contributed by atoms with van der Waals surface area (Å²) in [6.07, 6.45) is 5.13. The van der Waals surface area contributed by atoms with Crippen LogP contribution in [0.1, 0.15) is 26.2 Å². The van der Waals surface area contributed by atoms with Crippen molar-refractivity contribution in [3.8, 4) is 11.6 Å². The van der Waals surface area contributed by atoms with Crippen LogP contribution in [-0.2, 0) is 6.42 Å². The fraction of sp³-hybridized carbons (Fsp3) is 0.500. The average Bonchev–Trinajstić information content (AvgIpc) is 2.86. The third-order valence-corrected chi connectivity index (χ3v) is 2.46. The number of hydrogen-bond acceptors (Lipinski definition) is 6. The van der Waals surface area contributed by atoms with Crippen LogP contribution in [-0.4, -0.2) is 32.7 Å². The Balaban J connectivity index is 1.98. The van der Waals surface area contributed by atoms with Gasteiger partial charge in [-0.1, -0.05) is 12.1 Å². The van der Waals surface area contributed by atoms with Gasteiger partial charge in [-0.3, -0.25) is 0 Å². The maximum atomic E-state index is 5.19. The minimum atomic E-state index is 0.315. The van der Waals surface area contributed by atoms with Gasteiger partial charge in [-0.25, -0.2) is 9.97 Å². The summed E-state index contributed by atoms with van der Waals surface area (Å²) >= 11 is 0. The molecule has 6 nitrogen and oxygen atoms in total. The molecule has 0 saturated carbocycles. The number of nitrogens with one attached hydrogen (secondary N) is 1. The van der Waals surface area contributed by atoms with E-state index in [4.69, 9.17) is 4.52 Å². The molecule has 0 aliphatic rings. The molecule has 96 valence electrons. The maximum Gasteiger partial charge on any atom is 0.240 e. The number of aromatic nitrogens is 4. The summed E-state index contributed by atoms with van der Waals surface area (Å²) in [7, 11) is 0. The first-order valence-corrected chi connectivity index (χ1v) is 6.13. The molecule has 0 spiro atoms. The zero-order valence-corrected chi connectivity index (χ0v) is 10.6. The summed E-state index contributed by atoms with van der Waals surface area (Å²) < 4.78 is 5.19. The highest BCUT2D eigenvalue weighted by atomic mass is 16.5. The van der Waals surface area contributed by atoms with Crippen LogP contribution in [0.2, 0.25) is 0 Å². The summed E-state index contributed by atoms with van der Waals surface area (Å²) in [6.45, 7) is 5.22. The van der Waals surface area contributed by atoms with Gasteiger partial charge in [0.15, 0.2) is 0 Å². The van der Waals surface area contributed by atoms with Gasteiger partial charge in [0, 0.05) is 24.9 Å². The fourth-order valence-electron chi connectivity index (χ4n) is 1.57. The summed E-state index contributed by atoms with van der Waals surface area (Å²) in [5.41, 5.74) is 0. The molecule has 2 rings (SSSR count). The zero-order chi connectivity index (χ0) is 12.8. The van der Waals surface area contributed by atoms with Crippen molar-refractivity contribution < 1.29 is 4.52 Å². The molecule has 0 aliphatic carbocycles. The first-order chi connectivity index (χ1) is 8.79. The van der Waals surface area contributed by atoms with Gasteiger partial charge in [0.1, 0.15) is 0 Å². The molecule has 2 aromatic heterocycles. The SMILES string of the molecule is CCCNC(C)Cc1nc(-c2ncccn2)no1. The van der Waals surface area contributed by atoms with E-state index in [-0.39, 0.29) is 0 Å². The Kier molecular flexibility index (Phi) is 4.35. The first kappa shape index (κ1) is 12.6. The van der Waals surface area contributed by atoms with Crippen LogP contribution < -0.4 is 5.32 Å². The number of hydrogen-bond donors (Lipinski definition) is 1. The smallest absolute Gasteiger partial charge is 0.240 e. The fourth-order valence-corrected chi connectivity index (χ4v) is 1.57. The summed E-state index contributed by atoms with van der Waals surface area (Å²) in [5, 5.41) is 7.25. The van der Waals surface area contributed by atoms with Crippen molar-refractivity contribution in [2.75, 3.05) is 6.54 Å². The monoisotopic (exact) mass is 247 g/mol. The molecule has 0 fully saturated rings. The standard InChI is InChI=1S/C12H17N5O/c1-3-5-13-9(2)8-10-16-12(17-18-10)11-14-6-4-7-15-11/h4,6-7,9,13H,3,5,8H2,1-2H3. The summed E-state index contributed by atoms with van der Waals surface area (Å²) in [6, 6.07) is 2.07. The molecule has 0 amide bonds. The minimum Gasteiger partial charge on any atom is -0.339 e. The zero-order valence-electron chi connectivity index (χ0n) is 10.6. The van der Waals surface area contributed by atoms with E-state index in [0.717, 1.165) is 13.0 Å². The van der Waals surface area contributed by atoms with Gasteiger partial charge in [-0.2, -0.15) is 4.98 Å². The average molecular weight is 247 g/mol. The predicted octanol–water partition coefficient (Wildman–Crippen LogP) is 1.46. The lowest BCUT2D eigenvalue weighted by Crippen LogP contribution is -2.28.